The van der Waals surface area contributed by atoms with Crippen LogP contribution in [-0.2, 0) is 16.0 Å². The number of benzene rings is 1. The van der Waals surface area contributed by atoms with Crippen molar-refractivity contribution in [3.63, 3.8) is 0 Å². The van der Waals surface area contributed by atoms with Crippen molar-refractivity contribution >= 4 is 17.2 Å². The summed E-state index contributed by atoms with van der Waals surface area (Å²) < 4.78 is 5.43. The summed E-state index contributed by atoms with van der Waals surface area (Å²) in [6.07, 6.45) is 0.446. The zero-order valence-electron chi connectivity index (χ0n) is 13.2. The summed E-state index contributed by atoms with van der Waals surface area (Å²) in [6.45, 7) is 4.63. The van der Waals surface area contributed by atoms with Crippen LogP contribution >= 0.6 is 11.3 Å². The first-order valence-corrected chi connectivity index (χ1v) is 8.72. The number of nitrogens with one attached hydrogen (secondary N) is 2. The van der Waals surface area contributed by atoms with Crippen molar-refractivity contribution in [2.24, 2.45) is 0 Å². The number of ether oxygens (including phenoxy) is 1. The van der Waals surface area contributed by atoms with E-state index < -0.39 is 0 Å². The van der Waals surface area contributed by atoms with E-state index in [0.29, 0.717) is 19.7 Å². The third kappa shape index (κ3) is 4.37. The minimum absolute atomic E-state index is 0.0354. The molecule has 1 amide bonds. The van der Waals surface area contributed by atoms with Gasteiger partial charge >= 0.3 is 0 Å². The normalized spacial score (nSPS) is 17.9. The van der Waals surface area contributed by atoms with E-state index in [1.807, 2.05) is 6.92 Å². The van der Waals surface area contributed by atoms with Crippen LogP contribution in [-0.4, -0.2) is 43.2 Å². The lowest BCUT2D eigenvalue weighted by Crippen LogP contribution is -2.48. The molecule has 0 bridgehead atoms. The van der Waals surface area contributed by atoms with Crippen molar-refractivity contribution in [1.29, 1.82) is 0 Å². The van der Waals surface area contributed by atoms with E-state index in [2.05, 4.69) is 45.3 Å². The molecule has 3 rings (SSSR count). The van der Waals surface area contributed by atoms with Gasteiger partial charge in [-0.1, -0.05) is 24.3 Å². The van der Waals surface area contributed by atoms with Crippen molar-refractivity contribution in [3.8, 4) is 11.3 Å². The van der Waals surface area contributed by atoms with Gasteiger partial charge in [-0.05, 0) is 18.9 Å². The number of rotatable bonds is 5. The molecule has 0 aliphatic carbocycles. The number of carbonyl (C=O) groups is 1. The molecule has 0 saturated carbocycles. The number of carbonyl (C=O) groups excluding carboxylic acids is 1. The molecule has 23 heavy (non-hydrogen) atoms. The lowest BCUT2D eigenvalue weighted by Gasteiger charge is -2.22. The van der Waals surface area contributed by atoms with Crippen LogP contribution in [0.15, 0.2) is 29.6 Å². The summed E-state index contributed by atoms with van der Waals surface area (Å²) in [7, 11) is 0. The Hall–Kier alpha value is -1.76. The van der Waals surface area contributed by atoms with Crippen LogP contribution in [0.1, 0.15) is 10.6 Å². The van der Waals surface area contributed by atoms with Crippen molar-refractivity contribution in [2.45, 2.75) is 19.4 Å². The second-order valence-electron chi connectivity index (χ2n) is 5.55. The molecule has 1 fully saturated rings. The lowest BCUT2D eigenvalue weighted by molar-refractivity contribution is -0.134. The Morgan fingerprint density at radius 2 is 2.26 bits per heavy atom. The van der Waals surface area contributed by atoms with Gasteiger partial charge in [-0.3, -0.25) is 4.79 Å². The van der Waals surface area contributed by atoms with Crippen LogP contribution in [0.5, 0.6) is 0 Å². The van der Waals surface area contributed by atoms with E-state index in [1.54, 1.807) is 11.3 Å². The van der Waals surface area contributed by atoms with E-state index in [4.69, 9.17) is 4.74 Å². The fourth-order valence-corrected chi connectivity index (χ4v) is 3.14. The number of amides is 1. The molecule has 122 valence electrons. The molecule has 0 spiro atoms. The summed E-state index contributed by atoms with van der Waals surface area (Å²) in [6, 6.07) is 8.35. The van der Waals surface area contributed by atoms with Gasteiger partial charge in [0.05, 0.1) is 17.3 Å². The van der Waals surface area contributed by atoms with Crippen molar-refractivity contribution in [2.75, 3.05) is 26.2 Å². The number of nitrogens with zero attached hydrogens (tertiary/aromatic N) is 1. The first-order chi connectivity index (χ1) is 11.2. The van der Waals surface area contributed by atoms with E-state index in [9.17, 15) is 4.79 Å². The number of morpholine rings is 1. The molecule has 1 aliphatic rings. The number of thiazole rings is 1. The van der Waals surface area contributed by atoms with Crippen LogP contribution in [0.25, 0.3) is 11.3 Å². The zero-order valence-corrected chi connectivity index (χ0v) is 14.0. The van der Waals surface area contributed by atoms with Crippen molar-refractivity contribution in [1.82, 2.24) is 15.6 Å². The maximum Gasteiger partial charge on any atom is 0.250 e. The smallest absolute Gasteiger partial charge is 0.250 e. The summed E-state index contributed by atoms with van der Waals surface area (Å²) >= 11 is 1.66. The Kier molecular flexibility index (Phi) is 5.38. The van der Waals surface area contributed by atoms with Gasteiger partial charge < -0.3 is 15.4 Å². The Morgan fingerprint density at radius 1 is 1.43 bits per heavy atom. The van der Waals surface area contributed by atoms with Crippen molar-refractivity contribution in [3.05, 3.63) is 40.2 Å². The molecular formula is C17H21N3O2S. The quantitative estimate of drug-likeness (QED) is 0.876. The predicted molar refractivity (Wildman–Crippen MR) is 91.6 cm³/mol. The first kappa shape index (κ1) is 16.1. The molecule has 1 saturated heterocycles. The molecular weight excluding hydrogens is 310 g/mol. The fourth-order valence-electron chi connectivity index (χ4n) is 2.52. The van der Waals surface area contributed by atoms with Crippen molar-refractivity contribution < 1.29 is 9.53 Å². The number of aryl methyl sites for hydroxylation is 1. The van der Waals surface area contributed by atoms with Crippen LogP contribution in [0.4, 0.5) is 0 Å². The minimum Gasteiger partial charge on any atom is -0.366 e. The fraction of sp³-hybridized carbons (Fsp3) is 0.412. The van der Waals surface area contributed by atoms with Gasteiger partial charge in [-0.15, -0.1) is 11.3 Å². The van der Waals surface area contributed by atoms with Gasteiger partial charge in [-0.2, -0.15) is 0 Å². The van der Waals surface area contributed by atoms with Crippen LogP contribution in [0, 0.1) is 6.92 Å². The largest absolute Gasteiger partial charge is 0.366 e. The Balaban J connectivity index is 1.48. The maximum absolute atomic E-state index is 11.9. The molecule has 6 heteroatoms. The van der Waals surface area contributed by atoms with Gasteiger partial charge in [-0.25, -0.2) is 4.98 Å². The number of hydrogen-bond donors (Lipinski definition) is 2. The molecule has 0 radical (unpaired) electrons. The molecule has 1 aliphatic heterocycles. The molecule has 1 aromatic heterocycles. The SMILES string of the molecule is Cc1nc(-c2ccc(CCNC(=O)C3CNCCO3)cc2)cs1. The summed E-state index contributed by atoms with van der Waals surface area (Å²) in [5, 5.41) is 9.24. The second kappa shape index (κ2) is 7.68. The summed E-state index contributed by atoms with van der Waals surface area (Å²) in [5.41, 5.74) is 3.35. The van der Waals surface area contributed by atoms with Gasteiger partial charge in [0.1, 0.15) is 6.10 Å². The molecule has 2 heterocycles. The molecule has 1 aromatic carbocycles. The van der Waals surface area contributed by atoms with Gasteiger partial charge in [0, 0.05) is 30.6 Å². The Morgan fingerprint density at radius 3 is 2.91 bits per heavy atom. The van der Waals surface area contributed by atoms with E-state index in [1.165, 1.54) is 5.56 Å². The van der Waals surface area contributed by atoms with Gasteiger partial charge in [0.15, 0.2) is 0 Å². The average Bonchev–Trinajstić information content (AvgIpc) is 3.03. The molecule has 1 atom stereocenters. The van der Waals surface area contributed by atoms with Crippen LogP contribution in [0.3, 0.4) is 0 Å². The standard InChI is InChI=1S/C17H21N3O2S/c1-12-20-15(11-23-12)14-4-2-13(3-5-14)6-7-19-17(21)16-10-18-8-9-22-16/h2-5,11,16,18H,6-10H2,1H3,(H,19,21). The van der Waals surface area contributed by atoms with E-state index in [0.717, 1.165) is 29.2 Å². The maximum atomic E-state index is 11.9. The van der Waals surface area contributed by atoms with Gasteiger partial charge in [0.2, 0.25) is 5.91 Å². The Labute approximate surface area is 140 Å². The highest BCUT2D eigenvalue weighted by Gasteiger charge is 2.20. The first-order valence-electron chi connectivity index (χ1n) is 7.84. The monoisotopic (exact) mass is 331 g/mol. The second-order valence-corrected chi connectivity index (χ2v) is 6.62. The zero-order chi connectivity index (χ0) is 16.1. The highest BCUT2D eigenvalue weighted by atomic mass is 32.1. The lowest BCUT2D eigenvalue weighted by atomic mass is 10.1. The third-order valence-corrected chi connectivity index (χ3v) is 4.58. The molecule has 1 unspecified atom stereocenters. The average molecular weight is 331 g/mol. The predicted octanol–water partition coefficient (Wildman–Crippen LogP) is 1.77. The number of hydrogen-bond acceptors (Lipinski definition) is 5. The highest BCUT2D eigenvalue weighted by molar-refractivity contribution is 7.09. The van der Waals surface area contributed by atoms with Gasteiger partial charge in [0.25, 0.3) is 0 Å². The molecule has 2 N–H and O–H groups in total. The highest BCUT2D eigenvalue weighted by Crippen LogP contribution is 2.21. The summed E-state index contributed by atoms with van der Waals surface area (Å²) in [4.78, 5) is 16.4. The topological polar surface area (TPSA) is 63.2 Å². The number of aromatic nitrogens is 1. The van der Waals surface area contributed by atoms with Crippen LogP contribution < -0.4 is 10.6 Å². The Bertz CT molecular complexity index is 648. The summed E-state index contributed by atoms with van der Waals surface area (Å²) in [5.74, 6) is -0.0354. The minimum atomic E-state index is -0.362. The van der Waals surface area contributed by atoms with E-state index >= 15 is 0 Å². The van der Waals surface area contributed by atoms with Crippen LogP contribution in [0.2, 0.25) is 0 Å². The molecule has 5 nitrogen and oxygen atoms in total. The third-order valence-electron chi connectivity index (χ3n) is 3.80. The van der Waals surface area contributed by atoms with E-state index in [-0.39, 0.29) is 12.0 Å². The molecule has 2 aromatic rings.